The molecule has 0 amide bonds. The van der Waals surface area contributed by atoms with Gasteiger partial charge in [-0.25, -0.2) is 8.78 Å². The third-order valence-corrected chi connectivity index (χ3v) is 3.85. The van der Waals surface area contributed by atoms with E-state index in [4.69, 9.17) is 5.73 Å². The Morgan fingerprint density at radius 2 is 1.74 bits per heavy atom. The fourth-order valence-corrected chi connectivity index (χ4v) is 2.69. The van der Waals surface area contributed by atoms with E-state index in [2.05, 4.69) is 0 Å². The molecular weight excluding hydrogens is 264 g/mol. The average Bonchev–Trinajstić information content (AvgIpc) is 2.38. The van der Waals surface area contributed by atoms with Gasteiger partial charge in [-0.2, -0.15) is 0 Å². The lowest BCUT2D eigenvalue weighted by Crippen LogP contribution is -2.04. The summed E-state index contributed by atoms with van der Waals surface area (Å²) in [4.78, 5) is 0.956. The van der Waals surface area contributed by atoms with Crippen molar-refractivity contribution in [3.05, 3.63) is 65.2 Å². The van der Waals surface area contributed by atoms with Gasteiger partial charge in [0.05, 0.1) is 0 Å². The summed E-state index contributed by atoms with van der Waals surface area (Å²) < 4.78 is 27.0. The first-order valence-corrected chi connectivity index (χ1v) is 6.97. The maximum Gasteiger partial charge on any atom is 0.130 e. The molecule has 0 heterocycles. The summed E-state index contributed by atoms with van der Waals surface area (Å²) in [7, 11) is 0. The van der Waals surface area contributed by atoms with Crippen LogP contribution in [0.5, 0.6) is 0 Å². The molecule has 0 aliphatic heterocycles. The molecule has 2 N–H and O–H groups in total. The summed E-state index contributed by atoms with van der Waals surface area (Å²) >= 11 is 1.40. The average molecular weight is 279 g/mol. The Labute approximate surface area is 115 Å². The number of hydrogen-bond donors (Lipinski definition) is 1. The summed E-state index contributed by atoms with van der Waals surface area (Å²) in [5, 5.41) is 0. The summed E-state index contributed by atoms with van der Waals surface area (Å²) in [5.74, 6) is -0.743. The smallest absolute Gasteiger partial charge is 0.130 e. The largest absolute Gasteiger partial charge is 0.324 e. The molecule has 2 rings (SSSR count). The van der Waals surface area contributed by atoms with Crippen LogP contribution in [0, 0.1) is 11.6 Å². The number of rotatable bonds is 4. The highest BCUT2D eigenvalue weighted by Gasteiger charge is 2.09. The fourth-order valence-electron chi connectivity index (χ4n) is 1.71. The van der Waals surface area contributed by atoms with Gasteiger partial charge in [-0.05, 0) is 36.8 Å². The van der Waals surface area contributed by atoms with Gasteiger partial charge in [0, 0.05) is 22.3 Å². The third-order valence-electron chi connectivity index (χ3n) is 2.83. The fraction of sp³-hybridized carbons (Fsp3) is 0.200. The van der Waals surface area contributed by atoms with Crippen molar-refractivity contribution < 1.29 is 8.78 Å². The van der Waals surface area contributed by atoms with Crippen molar-refractivity contribution in [2.75, 3.05) is 0 Å². The van der Waals surface area contributed by atoms with Gasteiger partial charge in [-0.1, -0.05) is 18.2 Å². The number of hydrogen-bond acceptors (Lipinski definition) is 2. The predicted octanol–water partition coefficient (Wildman–Crippen LogP) is 4.28. The van der Waals surface area contributed by atoms with Gasteiger partial charge in [0.2, 0.25) is 0 Å². The number of benzene rings is 2. The Hall–Kier alpha value is -1.39. The number of thioether (sulfide) groups is 1. The van der Waals surface area contributed by atoms with Crippen LogP contribution in [0.1, 0.15) is 24.1 Å². The molecule has 1 unspecified atom stereocenters. The zero-order valence-corrected chi connectivity index (χ0v) is 11.4. The van der Waals surface area contributed by atoms with E-state index in [1.807, 2.05) is 31.2 Å². The van der Waals surface area contributed by atoms with Gasteiger partial charge in [-0.15, -0.1) is 11.8 Å². The van der Waals surface area contributed by atoms with Crippen molar-refractivity contribution in [3.8, 4) is 0 Å². The van der Waals surface area contributed by atoms with Gasteiger partial charge < -0.3 is 5.73 Å². The number of nitrogens with two attached hydrogens (primary N) is 1. The lowest BCUT2D eigenvalue weighted by atomic mass is 10.1. The molecule has 2 aromatic rings. The molecule has 0 saturated heterocycles. The third kappa shape index (κ3) is 3.55. The van der Waals surface area contributed by atoms with Crippen LogP contribution in [0.4, 0.5) is 8.78 Å². The monoisotopic (exact) mass is 279 g/mol. The van der Waals surface area contributed by atoms with E-state index in [0.717, 1.165) is 10.5 Å². The second kappa shape index (κ2) is 6.17. The van der Waals surface area contributed by atoms with Crippen LogP contribution in [-0.2, 0) is 5.75 Å². The van der Waals surface area contributed by atoms with Crippen molar-refractivity contribution in [2.45, 2.75) is 23.6 Å². The Bertz CT molecular complexity index is 550. The van der Waals surface area contributed by atoms with Crippen molar-refractivity contribution in [1.29, 1.82) is 0 Å². The molecule has 0 aliphatic rings. The first-order chi connectivity index (χ1) is 9.08. The van der Waals surface area contributed by atoms with E-state index in [9.17, 15) is 8.78 Å². The Balaban J connectivity index is 2.12. The minimum absolute atomic E-state index is 0.0502. The minimum atomic E-state index is -0.504. The predicted molar refractivity (Wildman–Crippen MR) is 75.0 cm³/mol. The standard InChI is InChI=1S/C15H15F2NS/c1-10(18)11-4-2-5-12(8-11)19-9-13-14(16)6-3-7-15(13)17/h2-8,10H,9,18H2,1H3. The molecular formula is C15H15F2NS. The molecule has 0 radical (unpaired) electrons. The van der Waals surface area contributed by atoms with Crippen LogP contribution in [-0.4, -0.2) is 0 Å². The van der Waals surface area contributed by atoms with Crippen molar-refractivity contribution in [1.82, 2.24) is 0 Å². The van der Waals surface area contributed by atoms with Gasteiger partial charge in [-0.3, -0.25) is 0 Å². The molecule has 1 atom stereocenters. The molecule has 0 aromatic heterocycles. The van der Waals surface area contributed by atoms with Crippen LogP contribution < -0.4 is 5.73 Å². The SMILES string of the molecule is CC(N)c1cccc(SCc2c(F)cccc2F)c1. The molecule has 2 aromatic carbocycles. The van der Waals surface area contributed by atoms with Crippen LogP contribution in [0.25, 0.3) is 0 Å². The minimum Gasteiger partial charge on any atom is -0.324 e. The Kier molecular flexibility index (Phi) is 4.56. The lowest BCUT2D eigenvalue weighted by molar-refractivity contribution is 0.566. The zero-order chi connectivity index (χ0) is 13.8. The first-order valence-electron chi connectivity index (χ1n) is 5.99. The van der Waals surface area contributed by atoms with Crippen LogP contribution in [0.2, 0.25) is 0 Å². The zero-order valence-electron chi connectivity index (χ0n) is 10.6. The second-order valence-corrected chi connectivity index (χ2v) is 5.40. The van der Waals surface area contributed by atoms with Crippen molar-refractivity contribution in [2.24, 2.45) is 5.73 Å². The topological polar surface area (TPSA) is 26.0 Å². The van der Waals surface area contributed by atoms with E-state index in [-0.39, 0.29) is 17.4 Å². The number of halogens is 2. The van der Waals surface area contributed by atoms with Gasteiger partial charge in [0.15, 0.2) is 0 Å². The van der Waals surface area contributed by atoms with Crippen LogP contribution in [0.3, 0.4) is 0 Å². The van der Waals surface area contributed by atoms with E-state index in [1.54, 1.807) is 0 Å². The van der Waals surface area contributed by atoms with Crippen molar-refractivity contribution in [3.63, 3.8) is 0 Å². The molecule has 4 heteroatoms. The summed E-state index contributed by atoms with van der Waals surface area (Å²) in [6, 6.07) is 11.6. The van der Waals surface area contributed by atoms with Crippen LogP contribution in [0.15, 0.2) is 47.4 Å². The Morgan fingerprint density at radius 1 is 1.11 bits per heavy atom. The molecule has 0 aliphatic carbocycles. The molecule has 0 bridgehead atoms. The quantitative estimate of drug-likeness (QED) is 0.845. The summed E-state index contributed by atoms with van der Waals surface area (Å²) in [6.07, 6.45) is 0. The van der Waals surface area contributed by atoms with Gasteiger partial charge in [0.1, 0.15) is 11.6 Å². The van der Waals surface area contributed by atoms with Crippen molar-refractivity contribution >= 4 is 11.8 Å². The molecule has 0 saturated carbocycles. The molecule has 19 heavy (non-hydrogen) atoms. The van der Waals surface area contributed by atoms with E-state index in [1.165, 1.54) is 30.0 Å². The Morgan fingerprint density at radius 3 is 2.37 bits per heavy atom. The summed E-state index contributed by atoms with van der Waals surface area (Å²) in [5.41, 5.74) is 6.93. The van der Waals surface area contributed by atoms with E-state index < -0.39 is 11.6 Å². The van der Waals surface area contributed by atoms with Gasteiger partial charge in [0.25, 0.3) is 0 Å². The van der Waals surface area contributed by atoms with Gasteiger partial charge >= 0.3 is 0 Å². The normalized spacial score (nSPS) is 12.4. The van der Waals surface area contributed by atoms with E-state index in [0.29, 0.717) is 0 Å². The molecule has 1 nitrogen and oxygen atoms in total. The maximum absolute atomic E-state index is 13.5. The summed E-state index contributed by atoms with van der Waals surface area (Å²) in [6.45, 7) is 1.90. The second-order valence-electron chi connectivity index (χ2n) is 4.35. The highest BCUT2D eigenvalue weighted by Crippen LogP contribution is 2.27. The maximum atomic E-state index is 13.5. The molecule has 100 valence electrons. The van der Waals surface area contributed by atoms with Crippen LogP contribution >= 0.6 is 11.8 Å². The van der Waals surface area contributed by atoms with E-state index >= 15 is 0 Å². The molecule has 0 fully saturated rings. The highest BCUT2D eigenvalue weighted by atomic mass is 32.2. The molecule has 0 spiro atoms. The highest BCUT2D eigenvalue weighted by molar-refractivity contribution is 7.98. The first kappa shape index (κ1) is 14.0. The lowest BCUT2D eigenvalue weighted by Gasteiger charge is -2.08.